The summed E-state index contributed by atoms with van der Waals surface area (Å²) in [5.41, 5.74) is 4.85. The summed E-state index contributed by atoms with van der Waals surface area (Å²) >= 11 is 5.95. The predicted octanol–water partition coefficient (Wildman–Crippen LogP) is 1.69. The maximum Gasteiger partial charge on any atom is 0.243 e. The van der Waals surface area contributed by atoms with E-state index in [0.29, 0.717) is 30.0 Å². The summed E-state index contributed by atoms with van der Waals surface area (Å²) in [6.45, 7) is 0.403. The number of nitrogens with one attached hydrogen (secondary N) is 1. The third-order valence-electron chi connectivity index (χ3n) is 5.69. The van der Waals surface area contributed by atoms with Crippen LogP contribution in [0, 0.1) is 12.3 Å². The molecule has 3 amide bonds. The number of rotatable bonds is 6. The zero-order valence-electron chi connectivity index (χ0n) is 15.9. The lowest BCUT2D eigenvalue weighted by Gasteiger charge is -2.46. The lowest BCUT2D eigenvalue weighted by atomic mass is 9.62. The van der Waals surface area contributed by atoms with E-state index in [-0.39, 0.29) is 25.2 Å². The summed E-state index contributed by atoms with van der Waals surface area (Å²) in [5, 5.41) is 3.14. The van der Waals surface area contributed by atoms with Gasteiger partial charge in [0, 0.05) is 11.6 Å². The molecule has 29 heavy (non-hydrogen) atoms. The van der Waals surface area contributed by atoms with E-state index in [1.807, 2.05) is 0 Å². The lowest BCUT2D eigenvalue weighted by Crippen LogP contribution is -2.58. The minimum absolute atomic E-state index is 0.0763. The Hall–Kier alpha value is -2.59. The normalized spacial score (nSPS) is 26.9. The van der Waals surface area contributed by atoms with Crippen LogP contribution in [-0.4, -0.2) is 47.4 Å². The minimum Gasteiger partial charge on any atom is -0.370 e. The molecule has 1 aromatic carbocycles. The Kier molecular flexibility index (Phi) is 6.13. The Balaban J connectivity index is 1.79. The number of halogens is 2. The van der Waals surface area contributed by atoms with Crippen molar-refractivity contribution in [1.82, 2.24) is 10.2 Å². The van der Waals surface area contributed by atoms with E-state index in [4.69, 9.17) is 23.8 Å². The van der Waals surface area contributed by atoms with Gasteiger partial charge in [0.25, 0.3) is 0 Å². The van der Waals surface area contributed by atoms with Crippen molar-refractivity contribution in [2.45, 2.75) is 55.8 Å². The monoisotopic (exact) mass is 419 g/mol. The number of carbonyl (C=O) groups excluding carboxylic acids is 3. The molecule has 2 atom stereocenters. The Bertz CT molecular complexity index is 846. The van der Waals surface area contributed by atoms with Crippen molar-refractivity contribution in [3.63, 3.8) is 0 Å². The second kappa shape index (κ2) is 8.42. The first kappa shape index (κ1) is 21.1. The molecule has 154 valence electrons. The zero-order chi connectivity index (χ0) is 21.2. The molecule has 0 aromatic heterocycles. The summed E-state index contributed by atoms with van der Waals surface area (Å²) in [6.07, 6.45) is 5.39. The number of primary amides is 1. The Morgan fingerprint density at radius 3 is 2.55 bits per heavy atom. The molecule has 8 heteroatoms. The van der Waals surface area contributed by atoms with Crippen LogP contribution >= 0.6 is 11.6 Å². The number of amides is 3. The van der Waals surface area contributed by atoms with Crippen molar-refractivity contribution in [2.24, 2.45) is 5.73 Å². The number of hydrogen-bond acceptors (Lipinski definition) is 3. The average Bonchev–Trinajstić information content (AvgIpc) is 3.14. The van der Waals surface area contributed by atoms with E-state index >= 15 is 0 Å². The second-order valence-corrected chi connectivity index (χ2v) is 8.09. The fourth-order valence-electron chi connectivity index (χ4n) is 4.18. The minimum atomic E-state index is -1.06. The molecule has 0 unspecified atom stereocenters. The maximum atomic E-state index is 13.9. The molecule has 6 nitrogen and oxygen atoms in total. The van der Waals surface area contributed by atoms with Crippen molar-refractivity contribution in [2.75, 3.05) is 6.54 Å². The average molecular weight is 420 g/mol. The van der Waals surface area contributed by atoms with Gasteiger partial charge in [-0.3, -0.25) is 14.4 Å². The molecule has 1 aliphatic heterocycles. The van der Waals surface area contributed by atoms with Crippen molar-refractivity contribution >= 4 is 29.3 Å². The van der Waals surface area contributed by atoms with Gasteiger partial charge in [-0.15, -0.1) is 6.42 Å². The van der Waals surface area contributed by atoms with E-state index < -0.39 is 35.5 Å². The molecule has 2 fully saturated rings. The van der Waals surface area contributed by atoms with Crippen LogP contribution in [0.2, 0.25) is 5.02 Å². The quantitative estimate of drug-likeness (QED) is 0.687. The van der Waals surface area contributed by atoms with Gasteiger partial charge in [-0.2, -0.15) is 0 Å². The van der Waals surface area contributed by atoms with Gasteiger partial charge < -0.3 is 16.0 Å². The SMILES string of the molecule is C#C[C@H](CC(N)=O)NC(=O)[C@@H]1CCCN1C(=O)C1(c2ccc(Cl)cc2)CC(F)C1. The van der Waals surface area contributed by atoms with Gasteiger partial charge in [0.05, 0.1) is 17.9 Å². The van der Waals surface area contributed by atoms with E-state index in [0.717, 1.165) is 0 Å². The summed E-state index contributed by atoms with van der Waals surface area (Å²) in [5.74, 6) is 1.00. The van der Waals surface area contributed by atoms with Crippen LogP contribution < -0.4 is 11.1 Å². The number of carbonyl (C=O) groups is 3. The number of terminal acetylenes is 1. The van der Waals surface area contributed by atoms with Crippen LogP contribution in [0.5, 0.6) is 0 Å². The molecule has 0 spiro atoms. The number of nitrogens with two attached hydrogens (primary N) is 1. The number of likely N-dealkylation sites (tertiary alicyclic amines) is 1. The summed E-state index contributed by atoms with van der Waals surface area (Å²) in [7, 11) is 0. The van der Waals surface area contributed by atoms with Crippen LogP contribution in [0.15, 0.2) is 24.3 Å². The van der Waals surface area contributed by atoms with Gasteiger partial charge in [-0.1, -0.05) is 29.7 Å². The standard InChI is InChI=1S/C21H23ClFN3O3/c1-2-16(10-18(24)27)25-19(28)17-4-3-9-26(17)20(29)21(11-15(23)12-21)13-5-7-14(22)8-6-13/h1,5-8,15-17H,3-4,9-12H2,(H2,24,27)(H,25,28)/t15?,16-,17+,21?/m1/s1. The van der Waals surface area contributed by atoms with Crippen LogP contribution in [0.4, 0.5) is 4.39 Å². The molecule has 1 aliphatic carbocycles. The highest BCUT2D eigenvalue weighted by molar-refractivity contribution is 6.30. The molecule has 3 N–H and O–H groups in total. The van der Waals surface area contributed by atoms with Crippen LogP contribution in [0.1, 0.15) is 37.7 Å². The van der Waals surface area contributed by atoms with Crippen molar-refractivity contribution in [1.29, 1.82) is 0 Å². The van der Waals surface area contributed by atoms with Gasteiger partial charge in [0.1, 0.15) is 12.2 Å². The van der Waals surface area contributed by atoms with E-state index in [1.165, 1.54) is 4.90 Å². The fraction of sp³-hybridized carbons (Fsp3) is 0.476. The van der Waals surface area contributed by atoms with Crippen LogP contribution in [-0.2, 0) is 19.8 Å². The third-order valence-corrected chi connectivity index (χ3v) is 5.94. The summed E-state index contributed by atoms with van der Waals surface area (Å²) in [6, 6.07) is 5.27. The van der Waals surface area contributed by atoms with E-state index in [1.54, 1.807) is 24.3 Å². The maximum absolute atomic E-state index is 13.9. The largest absolute Gasteiger partial charge is 0.370 e. The zero-order valence-corrected chi connectivity index (χ0v) is 16.6. The first-order valence-electron chi connectivity index (χ1n) is 9.53. The topological polar surface area (TPSA) is 92.5 Å². The number of hydrogen-bond donors (Lipinski definition) is 2. The van der Waals surface area contributed by atoms with Crippen molar-refractivity contribution in [3.05, 3.63) is 34.9 Å². The molecule has 2 aliphatic rings. The Labute approximate surface area is 173 Å². The van der Waals surface area contributed by atoms with Gasteiger partial charge >= 0.3 is 0 Å². The first-order valence-corrected chi connectivity index (χ1v) is 9.90. The molecule has 1 heterocycles. The number of nitrogens with zero attached hydrogens (tertiary/aromatic N) is 1. The predicted molar refractivity (Wildman–Crippen MR) is 107 cm³/mol. The van der Waals surface area contributed by atoms with Gasteiger partial charge in [0.15, 0.2) is 0 Å². The Morgan fingerprint density at radius 2 is 2.00 bits per heavy atom. The van der Waals surface area contributed by atoms with E-state index in [2.05, 4.69) is 11.2 Å². The van der Waals surface area contributed by atoms with Gasteiger partial charge in [0.2, 0.25) is 17.7 Å². The molecule has 3 rings (SSSR count). The van der Waals surface area contributed by atoms with Gasteiger partial charge in [-0.25, -0.2) is 4.39 Å². The highest BCUT2D eigenvalue weighted by Gasteiger charge is 2.55. The number of benzene rings is 1. The van der Waals surface area contributed by atoms with E-state index in [9.17, 15) is 18.8 Å². The first-order chi connectivity index (χ1) is 13.8. The smallest absolute Gasteiger partial charge is 0.243 e. The molecule has 0 bridgehead atoms. The van der Waals surface area contributed by atoms with Crippen molar-refractivity contribution in [3.8, 4) is 12.3 Å². The Morgan fingerprint density at radius 1 is 1.34 bits per heavy atom. The molecule has 1 saturated carbocycles. The molecule has 0 radical (unpaired) electrons. The third kappa shape index (κ3) is 4.23. The highest BCUT2D eigenvalue weighted by Crippen LogP contribution is 2.48. The van der Waals surface area contributed by atoms with Crippen molar-refractivity contribution < 1.29 is 18.8 Å². The molecular formula is C21H23ClFN3O3. The summed E-state index contributed by atoms with van der Waals surface area (Å²) < 4.78 is 13.9. The van der Waals surface area contributed by atoms with Crippen LogP contribution in [0.25, 0.3) is 0 Å². The summed E-state index contributed by atoms with van der Waals surface area (Å²) in [4.78, 5) is 38.8. The highest BCUT2D eigenvalue weighted by atomic mass is 35.5. The lowest BCUT2D eigenvalue weighted by molar-refractivity contribution is -0.148. The number of alkyl halides is 1. The van der Waals surface area contributed by atoms with Crippen LogP contribution in [0.3, 0.4) is 0 Å². The van der Waals surface area contributed by atoms with Gasteiger partial charge in [-0.05, 0) is 43.4 Å². The molecular weight excluding hydrogens is 397 g/mol. The fourth-order valence-corrected chi connectivity index (χ4v) is 4.30. The second-order valence-electron chi connectivity index (χ2n) is 7.65. The molecule has 1 aromatic rings. The molecule has 1 saturated heterocycles.